The Hall–Kier alpha value is -2.82. The topological polar surface area (TPSA) is 47.8 Å². The lowest BCUT2D eigenvalue weighted by Gasteiger charge is -2.09. The van der Waals surface area contributed by atoms with Crippen LogP contribution in [0, 0.1) is 5.82 Å². The average molecular weight is 267 g/mol. The minimum absolute atomic E-state index is 0.242. The number of halogens is 1. The Balaban J connectivity index is 2.13. The van der Waals surface area contributed by atoms with Crippen LogP contribution in [0.3, 0.4) is 0 Å². The third kappa shape index (κ3) is 2.21. The van der Waals surface area contributed by atoms with Crippen LogP contribution in [0.4, 0.5) is 4.39 Å². The molecule has 0 aliphatic carbocycles. The van der Waals surface area contributed by atoms with Crippen LogP contribution in [0.25, 0.3) is 5.69 Å². The maximum atomic E-state index is 13.5. The standard InChI is InChI=1S/C15H10FN3O/c16-12-6-7-14(19-9-17-18-10-19)13(8-12)15(20)11-4-2-1-3-5-11/h1-10H. The van der Waals surface area contributed by atoms with Crippen LogP contribution < -0.4 is 0 Å². The number of aromatic nitrogens is 3. The smallest absolute Gasteiger partial charge is 0.195 e. The summed E-state index contributed by atoms with van der Waals surface area (Å²) in [5.41, 5.74) is 1.33. The zero-order valence-electron chi connectivity index (χ0n) is 10.4. The third-order valence-corrected chi connectivity index (χ3v) is 2.94. The van der Waals surface area contributed by atoms with Gasteiger partial charge in [-0.15, -0.1) is 10.2 Å². The summed E-state index contributed by atoms with van der Waals surface area (Å²) in [4.78, 5) is 12.5. The highest BCUT2D eigenvalue weighted by molar-refractivity contribution is 6.11. The van der Waals surface area contributed by atoms with E-state index in [0.29, 0.717) is 11.3 Å². The van der Waals surface area contributed by atoms with E-state index in [-0.39, 0.29) is 11.3 Å². The van der Waals surface area contributed by atoms with E-state index in [9.17, 15) is 9.18 Å². The first-order chi connectivity index (χ1) is 9.75. The second-order valence-electron chi connectivity index (χ2n) is 4.23. The highest BCUT2D eigenvalue weighted by atomic mass is 19.1. The number of benzene rings is 2. The summed E-state index contributed by atoms with van der Waals surface area (Å²) in [5.74, 6) is -0.699. The first-order valence-corrected chi connectivity index (χ1v) is 6.00. The van der Waals surface area contributed by atoms with Crippen molar-refractivity contribution in [2.24, 2.45) is 0 Å². The highest BCUT2D eigenvalue weighted by Gasteiger charge is 2.15. The molecule has 0 N–H and O–H groups in total. The SMILES string of the molecule is O=C(c1ccccc1)c1cc(F)ccc1-n1cnnc1. The van der Waals surface area contributed by atoms with Gasteiger partial charge in [-0.1, -0.05) is 30.3 Å². The first-order valence-electron chi connectivity index (χ1n) is 6.00. The summed E-state index contributed by atoms with van der Waals surface area (Å²) in [6, 6.07) is 12.8. The van der Waals surface area contributed by atoms with E-state index in [4.69, 9.17) is 0 Å². The Labute approximate surface area is 114 Å². The van der Waals surface area contributed by atoms with E-state index in [1.54, 1.807) is 28.8 Å². The molecule has 0 saturated heterocycles. The van der Waals surface area contributed by atoms with Crippen molar-refractivity contribution in [2.45, 2.75) is 0 Å². The van der Waals surface area contributed by atoms with E-state index in [1.165, 1.54) is 30.9 Å². The van der Waals surface area contributed by atoms with Gasteiger partial charge < -0.3 is 0 Å². The van der Waals surface area contributed by atoms with E-state index in [2.05, 4.69) is 10.2 Å². The monoisotopic (exact) mass is 267 g/mol. The Morgan fingerprint density at radius 3 is 2.40 bits per heavy atom. The average Bonchev–Trinajstić information content (AvgIpc) is 3.01. The molecule has 20 heavy (non-hydrogen) atoms. The molecule has 2 aromatic carbocycles. The van der Waals surface area contributed by atoms with Crippen LogP contribution in [-0.4, -0.2) is 20.5 Å². The summed E-state index contributed by atoms with van der Waals surface area (Å²) in [5, 5.41) is 7.40. The van der Waals surface area contributed by atoms with Crippen LogP contribution in [0.1, 0.15) is 15.9 Å². The fourth-order valence-electron chi connectivity index (χ4n) is 1.99. The number of hydrogen-bond acceptors (Lipinski definition) is 3. The Morgan fingerprint density at radius 2 is 1.70 bits per heavy atom. The van der Waals surface area contributed by atoms with Gasteiger partial charge in [0.1, 0.15) is 18.5 Å². The van der Waals surface area contributed by atoms with Crippen molar-refractivity contribution in [1.82, 2.24) is 14.8 Å². The molecule has 1 heterocycles. The highest BCUT2D eigenvalue weighted by Crippen LogP contribution is 2.19. The van der Waals surface area contributed by atoms with Gasteiger partial charge in [0.25, 0.3) is 0 Å². The first kappa shape index (κ1) is 12.2. The van der Waals surface area contributed by atoms with Crippen LogP contribution in [0.5, 0.6) is 0 Å². The number of nitrogens with zero attached hydrogens (tertiary/aromatic N) is 3. The van der Waals surface area contributed by atoms with E-state index in [0.717, 1.165) is 0 Å². The predicted molar refractivity (Wildman–Crippen MR) is 71.2 cm³/mol. The second kappa shape index (κ2) is 5.05. The fourth-order valence-corrected chi connectivity index (χ4v) is 1.99. The number of ketones is 1. The van der Waals surface area contributed by atoms with Gasteiger partial charge in [0.05, 0.1) is 5.69 Å². The van der Waals surface area contributed by atoms with Gasteiger partial charge in [0.15, 0.2) is 5.78 Å². The largest absolute Gasteiger partial charge is 0.289 e. The van der Waals surface area contributed by atoms with Gasteiger partial charge in [-0.2, -0.15) is 0 Å². The maximum absolute atomic E-state index is 13.5. The lowest BCUT2D eigenvalue weighted by molar-refractivity contribution is 0.103. The lowest BCUT2D eigenvalue weighted by Crippen LogP contribution is -2.07. The van der Waals surface area contributed by atoms with Crippen LogP contribution in [0.2, 0.25) is 0 Å². The molecule has 4 nitrogen and oxygen atoms in total. The molecule has 0 bridgehead atoms. The molecule has 0 amide bonds. The quantitative estimate of drug-likeness (QED) is 0.685. The zero-order chi connectivity index (χ0) is 13.9. The van der Waals surface area contributed by atoms with Crippen molar-refractivity contribution in [3.63, 3.8) is 0 Å². The second-order valence-corrected chi connectivity index (χ2v) is 4.23. The number of carbonyl (C=O) groups is 1. The van der Waals surface area contributed by atoms with Crippen molar-refractivity contribution < 1.29 is 9.18 Å². The molecule has 0 atom stereocenters. The Morgan fingerprint density at radius 1 is 1.00 bits per heavy atom. The summed E-state index contributed by atoms with van der Waals surface area (Å²) in [7, 11) is 0. The summed E-state index contributed by atoms with van der Waals surface area (Å²) < 4.78 is 15.1. The van der Waals surface area contributed by atoms with E-state index < -0.39 is 5.82 Å². The maximum Gasteiger partial charge on any atom is 0.195 e. The van der Waals surface area contributed by atoms with Gasteiger partial charge in [-0.05, 0) is 18.2 Å². The molecule has 98 valence electrons. The molecule has 0 spiro atoms. The Bertz CT molecular complexity index is 739. The fraction of sp³-hybridized carbons (Fsp3) is 0. The molecule has 3 aromatic rings. The van der Waals surface area contributed by atoms with Crippen molar-refractivity contribution in [3.05, 3.63) is 78.1 Å². The van der Waals surface area contributed by atoms with Crippen LogP contribution in [0.15, 0.2) is 61.2 Å². The van der Waals surface area contributed by atoms with Crippen LogP contribution in [-0.2, 0) is 0 Å². The van der Waals surface area contributed by atoms with Crippen molar-refractivity contribution in [3.8, 4) is 5.69 Å². The number of rotatable bonds is 3. The summed E-state index contributed by atoms with van der Waals surface area (Å²) in [6.07, 6.45) is 2.93. The lowest BCUT2D eigenvalue weighted by atomic mass is 10.0. The molecule has 0 unspecified atom stereocenters. The Kier molecular flexibility index (Phi) is 3.09. The third-order valence-electron chi connectivity index (χ3n) is 2.94. The van der Waals surface area contributed by atoms with Gasteiger partial charge in [0, 0.05) is 11.1 Å². The molecular formula is C15H10FN3O. The molecule has 1 aromatic heterocycles. The number of carbonyl (C=O) groups excluding carboxylic acids is 1. The molecule has 5 heteroatoms. The zero-order valence-corrected chi connectivity index (χ0v) is 10.4. The molecule has 0 fully saturated rings. The number of hydrogen-bond donors (Lipinski definition) is 0. The van der Waals surface area contributed by atoms with Gasteiger partial charge in [-0.3, -0.25) is 9.36 Å². The van der Waals surface area contributed by atoms with E-state index >= 15 is 0 Å². The molecular weight excluding hydrogens is 257 g/mol. The summed E-state index contributed by atoms with van der Waals surface area (Å²) >= 11 is 0. The van der Waals surface area contributed by atoms with Crippen molar-refractivity contribution in [1.29, 1.82) is 0 Å². The van der Waals surface area contributed by atoms with Crippen LogP contribution >= 0.6 is 0 Å². The molecule has 0 saturated carbocycles. The van der Waals surface area contributed by atoms with Crippen molar-refractivity contribution in [2.75, 3.05) is 0 Å². The minimum atomic E-state index is -0.457. The molecule has 0 aliphatic rings. The minimum Gasteiger partial charge on any atom is -0.289 e. The summed E-state index contributed by atoms with van der Waals surface area (Å²) in [6.45, 7) is 0. The predicted octanol–water partition coefficient (Wildman–Crippen LogP) is 2.64. The molecule has 0 aliphatic heterocycles. The molecule has 3 rings (SSSR count). The van der Waals surface area contributed by atoms with Crippen molar-refractivity contribution >= 4 is 5.78 Å². The van der Waals surface area contributed by atoms with Gasteiger partial charge in [-0.25, -0.2) is 4.39 Å². The van der Waals surface area contributed by atoms with Gasteiger partial charge >= 0.3 is 0 Å². The normalized spacial score (nSPS) is 10.4. The van der Waals surface area contributed by atoms with E-state index in [1.807, 2.05) is 6.07 Å². The van der Waals surface area contributed by atoms with Gasteiger partial charge in [0.2, 0.25) is 0 Å². The molecule has 0 radical (unpaired) electrons.